The Morgan fingerprint density at radius 1 is 0.816 bits per heavy atom. The number of nitrogens with zero attached hydrogens (tertiary/aromatic N) is 1. The quantitative estimate of drug-likeness (QED) is 0.150. The molecule has 0 bridgehead atoms. The van der Waals surface area contributed by atoms with E-state index in [0.29, 0.717) is 22.7 Å². The maximum Gasteiger partial charge on any atom is 0.200 e. The van der Waals surface area contributed by atoms with Gasteiger partial charge in [0, 0.05) is 17.2 Å². The zero-order chi connectivity index (χ0) is 26.9. The summed E-state index contributed by atoms with van der Waals surface area (Å²) in [5.41, 5.74) is 0.877. The minimum Gasteiger partial charge on any atom is -0.506 e. The normalized spacial score (nSPS) is 12.4. The van der Waals surface area contributed by atoms with Crippen LogP contribution in [0.1, 0.15) is 27.3 Å². The zero-order valence-corrected chi connectivity index (χ0v) is 20.5. The molecule has 0 saturated carbocycles. The summed E-state index contributed by atoms with van der Waals surface area (Å²) in [4.78, 5) is 20.8. The molecule has 0 atom stereocenters. The van der Waals surface area contributed by atoms with Gasteiger partial charge in [-0.3, -0.25) is 4.79 Å². The molecule has 1 aromatic heterocycles. The summed E-state index contributed by atoms with van der Waals surface area (Å²) in [5.74, 6) is -3.50. The number of halogens is 2. The molecule has 1 heterocycles. The molecular weight excluding hydrogens is 510 g/mol. The average Bonchev–Trinajstić information content (AvgIpc) is 3.32. The van der Waals surface area contributed by atoms with E-state index in [9.17, 15) is 27.1 Å². The van der Waals surface area contributed by atoms with Crippen LogP contribution in [0.4, 0.5) is 8.78 Å². The Morgan fingerprint density at radius 3 is 2.11 bits per heavy atom. The SMILES string of the molecule is O=C(C(=C(O)c1cc(F)cc(F)c1)c1nc2ccc(S(=O)(=O)Cc3ccccc3)cc2[nH]1)c1ccccc1. The predicted octanol–water partition coefficient (Wildman–Crippen LogP) is 6.12. The first-order valence-electron chi connectivity index (χ1n) is 11.5. The lowest BCUT2D eigenvalue weighted by Crippen LogP contribution is -2.07. The van der Waals surface area contributed by atoms with Gasteiger partial charge in [0.25, 0.3) is 0 Å². The number of nitrogens with one attached hydrogen (secondary N) is 1. The molecule has 0 fully saturated rings. The standard InChI is InChI=1S/C29H20F2N2O4S/c30-21-13-20(14-22(31)15-21)28(35)26(27(34)19-9-5-2-6-10-19)29-32-24-12-11-23(16-25(24)33-29)38(36,37)17-18-7-3-1-4-8-18/h1-16,35H,17H2,(H,32,33). The first kappa shape index (κ1) is 25.0. The lowest BCUT2D eigenvalue weighted by atomic mass is 9.98. The molecule has 0 saturated heterocycles. The first-order chi connectivity index (χ1) is 18.2. The van der Waals surface area contributed by atoms with Gasteiger partial charge in [0.05, 0.1) is 21.7 Å². The number of H-pyrrole nitrogens is 1. The number of fused-ring (bicyclic) bond motifs is 1. The van der Waals surface area contributed by atoms with Crippen molar-refractivity contribution >= 4 is 38.0 Å². The van der Waals surface area contributed by atoms with Gasteiger partial charge < -0.3 is 10.1 Å². The second kappa shape index (κ2) is 10.0. The van der Waals surface area contributed by atoms with Gasteiger partial charge in [0.15, 0.2) is 9.84 Å². The number of aliphatic hydroxyl groups is 1. The van der Waals surface area contributed by atoms with Gasteiger partial charge in [-0.1, -0.05) is 60.7 Å². The van der Waals surface area contributed by atoms with Crippen molar-refractivity contribution in [1.29, 1.82) is 0 Å². The number of benzene rings is 4. The van der Waals surface area contributed by atoms with Crippen molar-refractivity contribution in [3.8, 4) is 0 Å². The highest BCUT2D eigenvalue weighted by atomic mass is 32.2. The molecule has 4 aromatic carbocycles. The number of rotatable bonds is 7. The van der Waals surface area contributed by atoms with Crippen molar-refractivity contribution in [1.82, 2.24) is 9.97 Å². The number of aromatic nitrogens is 2. The van der Waals surface area contributed by atoms with Crippen molar-refractivity contribution in [2.45, 2.75) is 10.6 Å². The topological polar surface area (TPSA) is 100 Å². The number of Topliss-reactive ketones (excluding diaryl/α,β-unsaturated/α-hetero) is 1. The molecule has 2 N–H and O–H groups in total. The van der Waals surface area contributed by atoms with Crippen molar-refractivity contribution in [3.63, 3.8) is 0 Å². The molecule has 5 rings (SSSR count). The Hall–Kier alpha value is -4.63. The minimum absolute atomic E-state index is 0.0420. The molecule has 9 heteroatoms. The van der Waals surface area contributed by atoms with Gasteiger partial charge in [0.2, 0.25) is 5.78 Å². The molecule has 5 aromatic rings. The molecule has 190 valence electrons. The Kier molecular flexibility index (Phi) is 6.61. The van der Waals surface area contributed by atoms with Crippen LogP contribution in [0.25, 0.3) is 22.4 Å². The smallest absolute Gasteiger partial charge is 0.200 e. The third kappa shape index (κ3) is 5.09. The van der Waals surface area contributed by atoms with Crippen LogP contribution in [0.5, 0.6) is 0 Å². The van der Waals surface area contributed by atoms with E-state index < -0.39 is 33.0 Å². The van der Waals surface area contributed by atoms with E-state index in [1.165, 1.54) is 30.3 Å². The molecule has 0 amide bonds. The van der Waals surface area contributed by atoms with Gasteiger partial charge in [0.1, 0.15) is 28.8 Å². The van der Waals surface area contributed by atoms with Gasteiger partial charge in [-0.05, 0) is 35.9 Å². The molecule has 0 aliphatic rings. The van der Waals surface area contributed by atoms with E-state index in [1.54, 1.807) is 48.5 Å². The van der Waals surface area contributed by atoms with Crippen molar-refractivity contribution in [3.05, 3.63) is 131 Å². The Balaban J connectivity index is 1.63. The number of hydrogen-bond acceptors (Lipinski definition) is 5. The number of imidazole rings is 1. The number of hydrogen-bond donors (Lipinski definition) is 2. The fourth-order valence-electron chi connectivity index (χ4n) is 4.07. The number of aliphatic hydroxyl groups excluding tert-OH is 1. The summed E-state index contributed by atoms with van der Waals surface area (Å²) in [7, 11) is -3.70. The predicted molar refractivity (Wildman–Crippen MR) is 140 cm³/mol. The van der Waals surface area contributed by atoms with E-state index >= 15 is 0 Å². The highest BCUT2D eigenvalue weighted by molar-refractivity contribution is 7.90. The van der Waals surface area contributed by atoms with Crippen LogP contribution in [0.15, 0.2) is 102 Å². The summed E-state index contributed by atoms with van der Waals surface area (Å²) < 4.78 is 53.9. The van der Waals surface area contributed by atoms with Crippen LogP contribution in [-0.4, -0.2) is 29.3 Å². The second-order valence-corrected chi connectivity index (χ2v) is 10.6. The van der Waals surface area contributed by atoms with E-state index in [0.717, 1.165) is 12.1 Å². The molecule has 0 aliphatic carbocycles. The van der Waals surface area contributed by atoms with Gasteiger partial charge in [-0.25, -0.2) is 22.2 Å². The van der Waals surface area contributed by atoms with Crippen LogP contribution in [-0.2, 0) is 15.6 Å². The number of aromatic amines is 1. The van der Waals surface area contributed by atoms with Crippen LogP contribution in [0, 0.1) is 11.6 Å². The zero-order valence-electron chi connectivity index (χ0n) is 19.7. The highest BCUT2D eigenvalue weighted by Gasteiger charge is 2.25. The summed E-state index contributed by atoms with van der Waals surface area (Å²) >= 11 is 0. The van der Waals surface area contributed by atoms with Gasteiger partial charge in [-0.15, -0.1) is 0 Å². The molecule has 38 heavy (non-hydrogen) atoms. The molecule has 0 unspecified atom stereocenters. The number of allylic oxidation sites excluding steroid dienone is 1. The second-order valence-electron chi connectivity index (χ2n) is 8.59. The highest BCUT2D eigenvalue weighted by Crippen LogP contribution is 2.30. The van der Waals surface area contributed by atoms with E-state index in [2.05, 4.69) is 9.97 Å². The Bertz CT molecular complexity index is 1780. The fraction of sp³-hybridized carbons (Fsp3) is 0.0345. The largest absolute Gasteiger partial charge is 0.506 e. The van der Waals surface area contributed by atoms with Crippen LogP contribution in [0.3, 0.4) is 0 Å². The van der Waals surface area contributed by atoms with E-state index in [4.69, 9.17) is 0 Å². The molecule has 0 spiro atoms. The van der Waals surface area contributed by atoms with E-state index in [-0.39, 0.29) is 33.2 Å². The fourth-order valence-corrected chi connectivity index (χ4v) is 5.44. The molecule has 0 aliphatic heterocycles. The lowest BCUT2D eigenvalue weighted by molar-refractivity contribution is 0.105. The number of sulfone groups is 1. The minimum atomic E-state index is -3.70. The van der Waals surface area contributed by atoms with Gasteiger partial charge in [-0.2, -0.15) is 0 Å². The number of ketones is 1. The molecular formula is C29H20F2N2O4S. The van der Waals surface area contributed by atoms with Gasteiger partial charge >= 0.3 is 0 Å². The van der Waals surface area contributed by atoms with Crippen LogP contribution < -0.4 is 0 Å². The van der Waals surface area contributed by atoms with Crippen molar-refractivity contribution < 1.29 is 27.1 Å². The summed E-state index contributed by atoms with van der Waals surface area (Å²) in [6.45, 7) is 0. The summed E-state index contributed by atoms with van der Waals surface area (Å²) in [5, 5.41) is 11.1. The summed E-state index contributed by atoms with van der Waals surface area (Å²) in [6, 6.07) is 23.5. The molecule has 6 nitrogen and oxygen atoms in total. The van der Waals surface area contributed by atoms with E-state index in [1.807, 2.05) is 0 Å². The molecule has 0 radical (unpaired) electrons. The first-order valence-corrected chi connectivity index (χ1v) is 13.1. The maximum atomic E-state index is 13.9. The van der Waals surface area contributed by atoms with Crippen LogP contribution in [0.2, 0.25) is 0 Å². The Labute approximate surface area is 216 Å². The van der Waals surface area contributed by atoms with Crippen LogP contribution >= 0.6 is 0 Å². The lowest BCUT2D eigenvalue weighted by Gasteiger charge is -2.09. The van der Waals surface area contributed by atoms with Crippen molar-refractivity contribution in [2.75, 3.05) is 0 Å². The summed E-state index contributed by atoms with van der Waals surface area (Å²) in [6.07, 6.45) is 0. The third-order valence-electron chi connectivity index (χ3n) is 5.88. The average molecular weight is 531 g/mol. The number of carbonyl (C=O) groups is 1. The number of carbonyl (C=O) groups excluding carboxylic acids is 1. The monoisotopic (exact) mass is 530 g/mol. The third-order valence-corrected chi connectivity index (χ3v) is 7.57. The maximum absolute atomic E-state index is 13.9. The Morgan fingerprint density at radius 2 is 1.45 bits per heavy atom. The van der Waals surface area contributed by atoms with Crippen molar-refractivity contribution in [2.24, 2.45) is 0 Å².